The summed E-state index contributed by atoms with van der Waals surface area (Å²) >= 11 is 5.92. The van der Waals surface area contributed by atoms with Crippen molar-refractivity contribution in [3.05, 3.63) is 70.7 Å². The fourth-order valence-electron chi connectivity index (χ4n) is 3.32. The molecule has 1 heterocycles. The summed E-state index contributed by atoms with van der Waals surface area (Å²) in [6.45, 7) is 2.40. The fourth-order valence-corrected chi connectivity index (χ4v) is 3.45. The van der Waals surface area contributed by atoms with Crippen LogP contribution in [0.4, 0.5) is 0 Å². The molecule has 0 aromatic heterocycles. The third-order valence-corrected chi connectivity index (χ3v) is 5.02. The molecule has 0 amide bonds. The van der Waals surface area contributed by atoms with Crippen molar-refractivity contribution in [2.24, 2.45) is 0 Å². The molecule has 1 saturated heterocycles. The van der Waals surface area contributed by atoms with Crippen molar-refractivity contribution < 1.29 is 9.90 Å². The van der Waals surface area contributed by atoms with E-state index in [1.807, 2.05) is 54.6 Å². The van der Waals surface area contributed by atoms with E-state index >= 15 is 0 Å². The Morgan fingerprint density at radius 1 is 1.04 bits per heavy atom. The number of piperidine rings is 1. The van der Waals surface area contributed by atoms with Crippen molar-refractivity contribution in [2.45, 2.75) is 24.8 Å². The molecule has 23 heavy (non-hydrogen) atoms. The van der Waals surface area contributed by atoms with Crippen LogP contribution in [0.1, 0.15) is 24.0 Å². The van der Waals surface area contributed by atoms with Crippen LogP contribution in [0.5, 0.6) is 0 Å². The minimum absolute atomic E-state index is 0.639. The van der Waals surface area contributed by atoms with Crippen molar-refractivity contribution in [3.63, 3.8) is 0 Å². The number of carboxylic acid groups (broad SMARTS) is 1. The molecule has 0 radical (unpaired) electrons. The van der Waals surface area contributed by atoms with E-state index in [-0.39, 0.29) is 0 Å². The largest absolute Gasteiger partial charge is 0.481 e. The molecule has 1 fully saturated rings. The number of likely N-dealkylation sites (tertiary alicyclic amines) is 1. The standard InChI is InChI=1S/C19H20ClNO2/c20-17-8-6-15(7-9-17)14-21-12-10-19(11-13-21,18(22)23)16-4-2-1-3-5-16/h1-9H,10-14H2,(H,22,23). The number of hydrogen-bond acceptors (Lipinski definition) is 2. The van der Waals surface area contributed by atoms with E-state index in [9.17, 15) is 9.90 Å². The second-order valence-electron chi connectivity index (χ2n) is 6.16. The van der Waals surface area contributed by atoms with Crippen molar-refractivity contribution in [1.29, 1.82) is 0 Å². The van der Waals surface area contributed by atoms with E-state index < -0.39 is 11.4 Å². The number of carboxylic acids is 1. The molecule has 120 valence electrons. The maximum Gasteiger partial charge on any atom is 0.314 e. The Labute approximate surface area is 141 Å². The lowest BCUT2D eigenvalue weighted by Crippen LogP contribution is -2.47. The topological polar surface area (TPSA) is 40.5 Å². The number of hydrogen-bond donors (Lipinski definition) is 1. The molecule has 0 bridgehead atoms. The first-order chi connectivity index (χ1) is 11.1. The molecular weight excluding hydrogens is 310 g/mol. The zero-order valence-corrected chi connectivity index (χ0v) is 13.7. The van der Waals surface area contributed by atoms with Crippen molar-refractivity contribution >= 4 is 17.6 Å². The van der Waals surface area contributed by atoms with Gasteiger partial charge in [0.25, 0.3) is 0 Å². The van der Waals surface area contributed by atoms with Crippen LogP contribution < -0.4 is 0 Å². The molecule has 0 aliphatic carbocycles. The predicted octanol–water partition coefficient (Wildman–Crippen LogP) is 3.96. The van der Waals surface area contributed by atoms with Gasteiger partial charge >= 0.3 is 5.97 Å². The Kier molecular flexibility index (Phi) is 4.69. The smallest absolute Gasteiger partial charge is 0.314 e. The number of rotatable bonds is 4. The van der Waals surface area contributed by atoms with Gasteiger partial charge in [-0.05, 0) is 49.2 Å². The highest BCUT2D eigenvalue weighted by atomic mass is 35.5. The highest BCUT2D eigenvalue weighted by Gasteiger charge is 2.42. The van der Waals surface area contributed by atoms with Gasteiger partial charge in [-0.15, -0.1) is 0 Å². The van der Waals surface area contributed by atoms with E-state index in [0.29, 0.717) is 12.8 Å². The maximum absolute atomic E-state index is 11.9. The summed E-state index contributed by atoms with van der Waals surface area (Å²) < 4.78 is 0. The number of aliphatic carboxylic acids is 1. The lowest BCUT2D eigenvalue weighted by molar-refractivity contribution is -0.146. The SMILES string of the molecule is O=C(O)C1(c2ccccc2)CCN(Cc2ccc(Cl)cc2)CC1. The zero-order chi connectivity index (χ0) is 16.3. The fraction of sp³-hybridized carbons (Fsp3) is 0.316. The number of halogens is 1. The third kappa shape index (κ3) is 3.41. The molecule has 4 heteroatoms. The number of carbonyl (C=O) groups is 1. The molecule has 0 saturated carbocycles. The van der Waals surface area contributed by atoms with Crippen LogP contribution >= 0.6 is 11.6 Å². The van der Waals surface area contributed by atoms with Crippen LogP contribution in [0.25, 0.3) is 0 Å². The van der Waals surface area contributed by atoms with Gasteiger partial charge in [0.2, 0.25) is 0 Å². The maximum atomic E-state index is 11.9. The summed E-state index contributed by atoms with van der Waals surface area (Å²) in [5.74, 6) is -0.713. The summed E-state index contributed by atoms with van der Waals surface area (Å²) in [5.41, 5.74) is 1.37. The van der Waals surface area contributed by atoms with Gasteiger partial charge in [-0.2, -0.15) is 0 Å². The van der Waals surface area contributed by atoms with Crippen LogP contribution in [-0.4, -0.2) is 29.1 Å². The first-order valence-electron chi connectivity index (χ1n) is 7.86. The van der Waals surface area contributed by atoms with Gasteiger partial charge in [-0.3, -0.25) is 9.69 Å². The van der Waals surface area contributed by atoms with Gasteiger partial charge in [-0.25, -0.2) is 0 Å². The van der Waals surface area contributed by atoms with Crippen LogP contribution in [0.3, 0.4) is 0 Å². The summed E-state index contributed by atoms with van der Waals surface area (Å²) in [4.78, 5) is 14.3. The van der Waals surface area contributed by atoms with E-state index in [4.69, 9.17) is 11.6 Å². The van der Waals surface area contributed by atoms with Crippen LogP contribution in [0.2, 0.25) is 5.02 Å². The Hall–Kier alpha value is -1.84. The number of nitrogens with zero attached hydrogens (tertiary/aromatic N) is 1. The molecule has 1 aliphatic rings. The molecule has 0 unspecified atom stereocenters. The summed E-state index contributed by atoms with van der Waals surface area (Å²) in [7, 11) is 0. The zero-order valence-electron chi connectivity index (χ0n) is 12.9. The second-order valence-corrected chi connectivity index (χ2v) is 6.59. The molecule has 0 atom stereocenters. The lowest BCUT2D eigenvalue weighted by atomic mass is 9.73. The van der Waals surface area contributed by atoms with Gasteiger partial charge in [-0.1, -0.05) is 54.1 Å². The summed E-state index contributed by atoms with van der Waals surface area (Å²) in [6, 6.07) is 17.5. The highest BCUT2D eigenvalue weighted by molar-refractivity contribution is 6.30. The van der Waals surface area contributed by atoms with Crippen LogP contribution in [0.15, 0.2) is 54.6 Å². The predicted molar refractivity (Wildman–Crippen MR) is 91.7 cm³/mol. The first kappa shape index (κ1) is 16.0. The van der Waals surface area contributed by atoms with Gasteiger partial charge in [0.05, 0.1) is 5.41 Å². The Bertz CT molecular complexity index is 662. The van der Waals surface area contributed by atoms with Gasteiger partial charge in [0.15, 0.2) is 0 Å². The lowest BCUT2D eigenvalue weighted by Gasteiger charge is -2.39. The Balaban J connectivity index is 1.70. The molecule has 1 N–H and O–H groups in total. The van der Waals surface area contributed by atoms with E-state index in [2.05, 4.69) is 4.90 Å². The van der Waals surface area contributed by atoms with Crippen molar-refractivity contribution in [3.8, 4) is 0 Å². The van der Waals surface area contributed by atoms with Gasteiger partial charge < -0.3 is 5.11 Å². The minimum Gasteiger partial charge on any atom is -0.481 e. The van der Waals surface area contributed by atoms with E-state index in [1.54, 1.807) is 0 Å². The van der Waals surface area contributed by atoms with Crippen LogP contribution in [0, 0.1) is 0 Å². The summed E-state index contributed by atoms with van der Waals surface area (Å²) in [5, 5.41) is 10.6. The molecule has 3 rings (SSSR count). The van der Waals surface area contributed by atoms with Crippen molar-refractivity contribution in [2.75, 3.05) is 13.1 Å². The average molecular weight is 330 g/mol. The normalized spacial score (nSPS) is 17.8. The Morgan fingerprint density at radius 3 is 2.22 bits per heavy atom. The van der Waals surface area contributed by atoms with Crippen molar-refractivity contribution in [1.82, 2.24) is 4.90 Å². The molecule has 0 spiro atoms. The molecule has 3 nitrogen and oxygen atoms in total. The number of benzene rings is 2. The summed E-state index contributed by atoms with van der Waals surface area (Å²) in [6.07, 6.45) is 1.28. The highest BCUT2D eigenvalue weighted by Crippen LogP contribution is 2.36. The van der Waals surface area contributed by atoms with E-state index in [1.165, 1.54) is 5.56 Å². The molecule has 2 aromatic rings. The second kappa shape index (κ2) is 6.73. The van der Waals surface area contributed by atoms with Gasteiger partial charge in [0.1, 0.15) is 0 Å². The average Bonchev–Trinajstić information content (AvgIpc) is 2.58. The first-order valence-corrected chi connectivity index (χ1v) is 8.24. The quantitative estimate of drug-likeness (QED) is 0.923. The third-order valence-electron chi connectivity index (χ3n) is 4.76. The molecular formula is C19H20ClNO2. The molecule has 2 aromatic carbocycles. The molecule has 1 aliphatic heterocycles. The van der Waals surface area contributed by atoms with Gasteiger partial charge in [0, 0.05) is 11.6 Å². The Morgan fingerprint density at radius 2 is 1.65 bits per heavy atom. The van der Waals surface area contributed by atoms with Crippen LogP contribution in [-0.2, 0) is 16.8 Å². The monoisotopic (exact) mass is 329 g/mol. The van der Waals surface area contributed by atoms with E-state index in [0.717, 1.165) is 30.2 Å². The minimum atomic E-state index is -0.752.